The molecule has 3 rings (SSSR count). The molecule has 0 N–H and O–H groups in total. The van der Waals surface area contributed by atoms with Crippen LogP contribution in [0.25, 0.3) is 22.5 Å². The summed E-state index contributed by atoms with van der Waals surface area (Å²) in [6, 6.07) is 17.2. The van der Waals surface area contributed by atoms with Crippen molar-refractivity contribution in [1.29, 1.82) is 0 Å². The molecule has 0 aliphatic heterocycles. The van der Waals surface area contributed by atoms with Gasteiger partial charge in [0.1, 0.15) is 11.8 Å². The van der Waals surface area contributed by atoms with E-state index >= 15 is 0 Å². The van der Waals surface area contributed by atoms with Crippen molar-refractivity contribution in [3.05, 3.63) is 65.9 Å². The zero-order chi connectivity index (χ0) is 24.0. The van der Waals surface area contributed by atoms with Crippen LogP contribution in [0.2, 0.25) is 0 Å². The summed E-state index contributed by atoms with van der Waals surface area (Å²) in [5, 5.41) is 0. The monoisotopic (exact) mass is 670 g/mol. The van der Waals surface area contributed by atoms with E-state index in [1.165, 1.54) is 11.1 Å². The SMILES string of the molecule is CC(I)c1ccc(-c2nc(OC(CN(C)C)CN(C)C)cnc2-c2ccc(CI)cc2)cc1. The summed E-state index contributed by atoms with van der Waals surface area (Å²) < 4.78 is 7.77. The maximum atomic E-state index is 6.33. The van der Waals surface area contributed by atoms with Gasteiger partial charge >= 0.3 is 0 Å². The van der Waals surface area contributed by atoms with Crippen molar-refractivity contribution in [1.82, 2.24) is 19.8 Å². The van der Waals surface area contributed by atoms with Gasteiger partial charge in [-0.05, 0) is 46.2 Å². The minimum absolute atomic E-state index is 0.00631. The fraction of sp³-hybridized carbons (Fsp3) is 0.385. The van der Waals surface area contributed by atoms with Crippen LogP contribution in [-0.4, -0.2) is 67.2 Å². The second-order valence-corrected chi connectivity index (χ2v) is 11.4. The van der Waals surface area contributed by atoms with Crippen LogP contribution < -0.4 is 4.74 Å². The Morgan fingerprint density at radius 1 is 0.848 bits per heavy atom. The summed E-state index contributed by atoms with van der Waals surface area (Å²) in [7, 11) is 8.23. The maximum Gasteiger partial charge on any atom is 0.233 e. The molecule has 0 aliphatic carbocycles. The highest BCUT2D eigenvalue weighted by Crippen LogP contribution is 2.32. The van der Waals surface area contributed by atoms with E-state index in [-0.39, 0.29) is 6.10 Å². The van der Waals surface area contributed by atoms with Crippen molar-refractivity contribution in [3.8, 4) is 28.4 Å². The van der Waals surface area contributed by atoms with Crippen molar-refractivity contribution >= 4 is 45.2 Å². The Morgan fingerprint density at radius 3 is 1.91 bits per heavy atom. The highest BCUT2D eigenvalue weighted by molar-refractivity contribution is 14.1. The van der Waals surface area contributed by atoms with Crippen LogP contribution in [0, 0.1) is 0 Å². The van der Waals surface area contributed by atoms with Crippen molar-refractivity contribution < 1.29 is 4.74 Å². The summed E-state index contributed by atoms with van der Waals surface area (Å²) in [5.41, 5.74) is 6.40. The summed E-state index contributed by atoms with van der Waals surface area (Å²) in [4.78, 5) is 14.1. The number of alkyl halides is 2. The first-order valence-electron chi connectivity index (χ1n) is 11.0. The molecule has 0 fully saturated rings. The lowest BCUT2D eigenvalue weighted by Crippen LogP contribution is -2.39. The minimum Gasteiger partial charge on any atom is -0.471 e. The Kier molecular flexibility index (Phi) is 9.90. The van der Waals surface area contributed by atoms with Crippen LogP contribution in [0.5, 0.6) is 5.88 Å². The molecular weight excluding hydrogens is 638 g/mol. The zero-order valence-electron chi connectivity index (χ0n) is 19.9. The number of hydrogen-bond donors (Lipinski definition) is 0. The van der Waals surface area contributed by atoms with Gasteiger partial charge in [-0.3, -0.25) is 0 Å². The number of nitrogens with zero attached hydrogens (tertiary/aromatic N) is 4. The van der Waals surface area contributed by atoms with Gasteiger partial charge in [-0.1, -0.05) is 93.7 Å². The van der Waals surface area contributed by atoms with Crippen molar-refractivity contribution in [2.24, 2.45) is 0 Å². The lowest BCUT2D eigenvalue weighted by molar-refractivity contribution is 0.123. The summed E-state index contributed by atoms with van der Waals surface area (Å²) in [6.45, 7) is 3.80. The molecule has 7 heteroatoms. The van der Waals surface area contributed by atoms with Gasteiger partial charge < -0.3 is 14.5 Å². The fourth-order valence-electron chi connectivity index (χ4n) is 3.62. The van der Waals surface area contributed by atoms with Crippen LogP contribution >= 0.6 is 45.2 Å². The lowest BCUT2D eigenvalue weighted by Gasteiger charge is -2.25. The lowest BCUT2D eigenvalue weighted by atomic mass is 10.0. The average Bonchev–Trinajstić information content (AvgIpc) is 2.78. The average molecular weight is 670 g/mol. The van der Waals surface area contributed by atoms with E-state index in [4.69, 9.17) is 14.7 Å². The molecule has 5 nitrogen and oxygen atoms in total. The number of likely N-dealkylation sites (N-methyl/N-ethyl adjacent to an activating group) is 2. The molecule has 1 unspecified atom stereocenters. The molecule has 2 aromatic carbocycles. The number of hydrogen-bond acceptors (Lipinski definition) is 5. The van der Waals surface area contributed by atoms with E-state index < -0.39 is 0 Å². The first-order chi connectivity index (χ1) is 15.8. The Balaban J connectivity index is 2.02. The van der Waals surface area contributed by atoms with E-state index in [2.05, 4.69) is 139 Å². The van der Waals surface area contributed by atoms with E-state index in [0.717, 1.165) is 40.0 Å². The third-order valence-corrected chi connectivity index (χ3v) is 6.80. The number of ether oxygens (including phenoxy) is 1. The minimum atomic E-state index is -0.00631. The van der Waals surface area contributed by atoms with Gasteiger partial charge in [0.25, 0.3) is 0 Å². The van der Waals surface area contributed by atoms with Gasteiger partial charge in [-0.15, -0.1) is 0 Å². The summed E-state index contributed by atoms with van der Waals surface area (Å²) in [5.74, 6) is 0.553. The molecule has 176 valence electrons. The molecular formula is C26H32I2N4O. The second-order valence-electron chi connectivity index (χ2n) is 8.74. The van der Waals surface area contributed by atoms with Crippen LogP contribution in [0.1, 0.15) is 22.0 Å². The number of halogens is 2. The number of rotatable bonds is 10. The Bertz CT molecular complexity index is 1010. The second kappa shape index (κ2) is 12.4. The van der Waals surface area contributed by atoms with Gasteiger partial charge in [0, 0.05) is 32.6 Å². The highest BCUT2D eigenvalue weighted by Gasteiger charge is 2.18. The third-order valence-electron chi connectivity index (χ3n) is 5.20. The van der Waals surface area contributed by atoms with Gasteiger partial charge in [0.2, 0.25) is 5.88 Å². The maximum absolute atomic E-state index is 6.33. The highest BCUT2D eigenvalue weighted by atomic mass is 127. The molecule has 33 heavy (non-hydrogen) atoms. The molecule has 3 aromatic rings. The summed E-state index contributed by atoms with van der Waals surface area (Å²) in [6.07, 6.45) is 1.75. The molecule has 1 heterocycles. The fourth-order valence-corrected chi connectivity index (χ4v) is 4.54. The standard InChI is InChI=1S/C26H32I2N4O/c1-18(28)20-10-12-22(13-11-20)26-25(21-8-6-19(14-27)7-9-21)29-15-24(30-26)33-23(16-31(2)3)17-32(4)5/h6-13,15,18,23H,14,16-17H2,1-5H3. The number of benzene rings is 2. The van der Waals surface area contributed by atoms with Crippen molar-refractivity contribution in [2.75, 3.05) is 41.3 Å². The smallest absolute Gasteiger partial charge is 0.233 e. The zero-order valence-corrected chi connectivity index (χ0v) is 24.2. The van der Waals surface area contributed by atoms with Crippen molar-refractivity contribution in [3.63, 3.8) is 0 Å². The first-order valence-corrected chi connectivity index (χ1v) is 13.8. The van der Waals surface area contributed by atoms with Gasteiger partial charge in [-0.25, -0.2) is 9.97 Å². The molecule has 1 aromatic heterocycles. The molecule has 0 aliphatic rings. The Morgan fingerprint density at radius 2 is 1.39 bits per heavy atom. The molecule has 0 amide bonds. The van der Waals surface area contributed by atoms with Gasteiger partial charge in [0.15, 0.2) is 0 Å². The molecule has 0 radical (unpaired) electrons. The Labute approximate surface area is 225 Å². The topological polar surface area (TPSA) is 41.5 Å². The summed E-state index contributed by atoms with van der Waals surface area (Å²) >= 11 is 4.82. The van der Waals surface area contributed by atoms with Crippen LogP contribution in [0.3, 0.4) is 0 Å². The normalized spacial score (nSPS) is 12.5. The predicted octanol–water partition coefficient (Wildman–Crippen LogP) is 6.11. The molecule has 0 saturated heterocycles. The van der Waals surface area contributed by atoms with Crippen molar-refractivity contribution in [2.45, 2.75) is 21.4 Å². The van der Waals surface area contributed by atoms with E-state index in [9.17, 15) is 0 Å². The van der Waals surface area contributed by atoms with E-state index in [1.54, 1.807) is 6.20 Å². The van der Waals surface area contributed by atoms with E-state index in [1.807, 2.05) is 0 Å². The third kappa shape index (κ3) is 7.60. The molecule has 0 saturated carbocycles. The number of aromatic nitrogens is 2. The van der Waals surface area contributed by atoms with Crippen LogP contribution in [0.15, 0.2) is 54.7 Å². The first kappa shape index (κ1) is 26.3. The van der Waals surface area contributed by atoms with E-state index in [0.29, 0.717) is 9.80 Å². The molecule has 0 spiro atoms. The molecule has 0 bridgehead atoms. The van der Waals surface area contributed by atoms with Gasteiger partial charge in [-0.2, -0.15) is 0 Å². The largest absolute Gasteiger partial charge is 0.471 e. The molecule has 1 atom stereocenters. The van der Waals surface area contributed by atoms with Gasteiger partial charge in [0.05, 0.1) is 11.9 Å². The Hall–Kier alpha value is -1.30. The van der Waals surface area contributed by atoms with Crippen LogP contribution in [-0.2, 0) is 4.43 Å². The predicted molar refractivity (Wildman–Crippen MR) is 155 cm³/mol. The van der Waals surface area contributed by atoms with Crippen LogP contribution in [0.4, 0.5) is 0 Å². The quantitative estimate of drug-likeness (QED) is 0.193.